The van der Waals surface area contributed by atoms with Crippen molar-refractivity contribution in [2.24, 2.45) is 4.99 Å². The van der Waals surface area contributed by atoms with Gasteiger partial charge in [0, 0.05) is 29.4 Å². The second kappa shape index (κ2) is 10.4. The SMILES string of the molecule is C=C1Nc2ccccc2C(c2ccccc2)=N[C@@H]1Nc1nnc(-c2ccc(C#N)cc2N2CCOC[C@H]2C)o1. The van der Waals surface area contributed by atoms with Gasteiger partial charge in [0.1, 0.15) is 0 Å². The molecule has 4 aromatic rings. The van der Waals surface area contributed by atoms with Gasteiger partial charge in [-0.2, -0.15) is 5.26 Å². The maximum absolute atomic E-state index is 9.51. The lowest BCUT2D eigenvalue weighted by atomic mass is 10.0. The Morgan fingerprint density at radius 1 is 1.05 bits per heavy atom. The van der Waals surface area contributed by atoms with Crippen LogP contribution in [0.2, 0.25) is 0 Å². The fourth-order valence-corrected chi connectivity index (χ4v) is 4.87. The number of fused-ring (bicyclic) bond motifs is 1. The molecule has 0 saturated carbocycles. The maximum atomic E-state index is 9.51. The minimum atomic E-state index is -0.569. The molecule has 0 spiro atoms. The molecule has 39 heavy (non-hydrogen) atoms. The molecule has 6 rings (SSSR count). The van der Waals surface area contributed by atoms with Crippen LogP contribution in [-0.4, -0.2) is 47.9 Å². The van der Waals surface area contributed by atoms with Gasteiger partial charge in [0.2, 0.25) is 0 Å². The van der Waals surface area contributed by atoms with Crippen molar-refractivity contribution in [2.75, 3.05) is 35.3 Å². The number of para-hydroxylation sites is 1. The highest BCUT2D eigenvalue weighted by molar-refractivity contribution is 6.16. The van der Waals surface area contributed by atoms with Gasteiger partial charge in [-0.05, 0) is 31.2 Å². The quantitative estimate of drug-likeness (QED) is 0.378. The van der Waals surface area contributed by atoms with Crippen molar-refractivity contribution in [1.29, 1.82) is 5.26 Å². The van der Waals surface area contributed by atoms with Crippen molar-refractivity contribution in [1.82, 2.24) is 10.2 Å². The first-order chi connectivity index (χ1) is 19.1. The third-order valence-electron chi connectivity index (χ3n) is 6.83. The van der Waals surface area contributed by atoms with E-state index in [2.05, 4.69) is 45.3 Å². The number of morpholine rings is 1. The summed E-state index contributed by atoms with van der Waals surface area (Å²) < 4.78 is 11.7. The number of nitriles is 1. The van der Waals surface area contributed by atoms with E-state index in [4.69, 9.17) is 14.1 Å². The molecule has 2 aliphatic heterocycles. The predicted octanol–water partition coefficient (Wildman–Crippen LogP) is 5.05. The first-order valence-electron chi connectivity index (χ1n) is 12.8. The number of anilines is 3. The molecule has 0 aliphatic carbocycles. The summed E-state index contributed by atoms with van der Waals surface area (Å²) in [4.78, 5) is 7.24. The lowest BCUT2D eigenvalue weighted by Crippen LogP contribution is -2.44. The second-order valence-corrected chi connectivity index (χ2v) is 9.46. The van der Waals surface area contributed by atoms with Crippen LogP contribution in [0, 0.1) is 11.3 Å². The van der Waals surface area contributed by atoms with Crippen LogP contribution < -0.4 is 15.5 Å². The van der Waals surface area contributed by atoms with E-state index >= 15 is 0 Å². The molecule has 3 heterocycles. The second-order valence-electron chi connectivity index (χ2n) is 9.46. The van der Waals surface area contributed by atoms with Gasteiger partial charge in [0.15, 0.2) is 6.17 Å². The first kappa shape index (κ1) is 24.4. The molecule has 9 nitrogen and oxygen atoms in total. The number of hydrogen-bond acceptors (Lipinski definition) is 9. The van der Waals surface area contributed by atoms with Crippen molar-refractivity contribution >= 4 is 23.1 Å². The Balaban J connectivity index is 1.34. The summed E-state index contributed by atoms with van der Waals surface area (Å²) in [6, 6.07) is 26.1. The minimum Gasteiger partial charge on any atom is -0.403 e. The van der Waals surface area contributed by atoms with E-state index in [-0.39, 0.29) is 12.1 Å². The molecular weight excluding hydrogens is 490 g/mol. The highest BCUT2D eigenvalue weighted by Gasteiger charge is 2.26. The zero-order valence-corrected chi connectivity index (χ0v) is 21.5. The summed E-state index contributed by atoms with van der Waals surface area (Å²) in [6.45, 7) is 8.23. The summed E-state index contributed by atoms with van der Waals surface area (Å²) >= 11 is 0. The largest absolute Gasteiger partial charge is 0.403 e. The Hall–Kier alpha value is -4.94. The number of aliphatic imine (C=N–C) groups is 1. The van der Waals surface area contributed by atoms with Crippen LogP contribution in [0.5, 0.6) is 0 Å². The molecule has 0 unspecified atom stereocenters. The summed E-state index contributed by atoms with van der Waals surface area (Å²) in [7, 11) is 0. The van der Waals surface area contributed by atoms with Crippen LogP contribution in [0.3, 0.4) is 0 Å². The molecule has 2 aliphatic rings. The molecule has 0 bridgehead atoms. The molecule has 1 fully saturated rings. The van der Waals surface area contributed by atoms with Crippen LogP contribution >= 0.6 is 0 Å². The van der Waals surface area contributed by atoms with Crippen molar-refractivity contribution in [3.63, 3.8) is 0 Å². The average Bonchev–Trinajstić information content (AvgIpc) is 3.39. The van der Waals surface area contributed by atoms with Gasteiger partial charge in [0.05, 0.1) is 47.5 Å². The van der Waals surface area contributed by atoms with E-state index in [9.17, 15) is 5.26 Å². The minimum absolute atomic E-state index is 0.139. The van der Waals surface area contributed by atoms with Gasteiger partial charge in [0.25, 0.3) is 5.89 Å². The van der Waals surface area contributed by atoms with Crippen LogP contribution in [0.15, 0.2) is 94.5 Å². The molecule has 2 N–H and O–H groups in total. The third kappa shape index (κ3) is 4.85. The van der Waals surface area contributed by atoms with E-state index in [1.165, 1.54) is 0 Å². The molecule has 3 aromatic carbocycles. The monoisotopic (exact) mass is 517 g/mol. The van der Waals surface area contributed by atoms with Gasteiger partial charge in [-0.3, -0.25) is 4.99 Å². The smallest absolute Gasteiger partial charge is 0.317 e. The van der Waals surface area contributed by atoms with Crippen molar-refractivity contribution in [3.05, 3.63) is 102 Å². The van der Waals surface area contributed by atoms with Crippen molar-refractivity contribution in [3.8, 4) is 17.5 Å². The number of aromatic nitrogens is 2. The highest BCUT2D eigenvalue weighted by atomic mass is 16.5. The highest BCUT2D eigenvalue weighted by Crippen LogP contribution is 2.34. The number of ether oxygens (including phenoxy) is 1. The van der Waals surface area contributed by atoms with Crippen molar-refractivity contribution in [2.45, 2.75) is 19.1 Å². The standard InChI is InChI=1S/C30H27N7O2/c1-19-18-38-15-14-37(19)26-16-21(17-31)12-13-24(26)29-35-36-30(39-29)34-28-20(2)32-25-11-7-6-10-23(25)27(33-28)22-8-4-3-5-9-22/h3-13,16,19,28,32H,2,14-15,18H2,1H3,(H,34,36)/t19-,28-/m1/s1. The Morgan fingerprint density at radius 2 is 1.87 bits per heavy atom. The van der Waals surface area contributed by atoms with E-state index in [1.807, 2.05) is 66.7 Å². The molecule has 0 amide bonds. The van der Waals surface area contributed by atoms with E-state index in [0.29, 0.717) is 36.9 Å². The Labute approximate surface area is 226 Å². The molecule has 9 heteroatoms. The summed E-state index contributed by atoms with van der Waals surface area (Å²) in [5.74, 6) is 0.346. The molecule has 2 atom stereocenters. The average molecular weight is 518 g/mol. The number of hydrogen-bond donors (Lipinski definition) is 2. The fraction of sp³-hybridized carbons (Fsp3) is 0.200. The van der Waals surface area contributed by atoms with Crippen LogP contribution in [0.25, 0.3) is 11.5 Å². The van der Waals surface area contributed by atoms with Gasteiger partial charge in [-0.25, -0.2) is 0 Å². The van der Waals surface area contributed by atoms with E-state index in [0.717, 1.165) is 33.8 Å². The Kier molecular flexibility index (Phi) is 6.53. The lowest BCUT2D eigenvalue weighted by Gasteiger charge is -2.36. The predicted molar refractivity (Wildman–Crippen MR) is 151 cm³/mol. The molecule has 194 valence electrons. The fourth-order valence-electron chi connectivity index (χ4n) is 4.87. The van der Waals surface area contributed by atoms with Crippen LogP contribution in [0.4, 0.5) is 17.4 Å². The molecule has 1 saturated heterocycles. The number of rotatable bonds is 5. The molecule has 1 aromatic heterocycles. The summed E-state index contributed by atoms with van der Waals surface area (Å²) in [6.07, 6.45) is -0.569. The van der Waals surface area contributed by atoms with Crippen molar-refractivity contribution < 1.29 is 9.15 Å². The Bertz CT molecular complexity index is 1590. The first-order valence-corrected chi connectivity index (χ1v) is 12.8. The number of benzene rings is 3. The number of benzodiazepines with no additional fused rings is 1. The van der Waals surface area contributed by atoms with Crippen LogP contribution in [0.1, 0.15) is 23.6 Å². The Morgan fingerprint density at radius 3 is 2.69 bits per heavy atom. The zero-order valence-electron chi connectivity index (χ0n) is 21.5. The zero-order chi connectivity index (χ0) is 26.8. The van der Waals surface area contributed by atoms with Gasteiger partial charge in [-0.15, -0.1) is 5.10 Å². The number of nitrogens with zero attached hydrogens (tertiary/aromatic N) is 5. The topological polar surface area (TPSA) is 112 Å². The molecule has 0 radical (unpaired) electrons. The number of nitrogens with one attached hydrogen (secondary N) is 2. The van der Waals surface area contributed by atoms with Gasteiger partial charge >= 0.3 is 6.01 Å². The van der Waals surface area contributed by atoms with Gasteiger partial charge < -0.3 is 24.7 Å². The maximum Gasteiger partial charge on any atom is 0.317 e. The summed E-state index contributed by atoms with van der Waals surface area (Å²) in [5.41, 5.74) is 6.53. The third-order valence-corrected chi connectivity index (χ3v) is 6.83. The summed E-state index contributed by atoms with van der Waals surface area (Å²) in [5, 5.41) is 24.8. The normalized spacial score (nSPS) is 18.8. The van der Waals surface area contributed by atoms with E-state index < -0.39 is 6.17 Å². The molecular formula is C30H27N7O2. The van der Waals surface area contributed by atoms with Gasteiger partial charge in [-0.1, -0.05) is 60.2 Å². The lowest BCUT2D eigenvalue weighted by molar-refractivity contribution is 0.0990. The van der Waals surface area contributed by atoms with Crippen LogP contribution in [-0.2, 0) is 4.74 Å². The van der Waals surface area contributed by atoms with E-state index in [1.54, 1.807) is 6.07 Å².